The number of anilines is 1. The first-order valence-electron chi connectivity index (χ1n) is 10.5. The molecule has 0 spiro atoms. The topological polar surface area (TPSA) is 104 Å². The van der Waals surface area contributed by atoms with Crippen LogP contribution in [-0.2, 0) is 11.3 Å². The molecule has 168 valence electrons. The fourth-order valence-electron chi connectivity index (χ4n) is 3.63. The Morgan fingerprint density at radius 3 is 2.56 bits per heavy atom. The summed E-state index contributed by atoms with van der Waals surface area (Å²) in [6, 6.07) is 2.87. The number of hydrogen-bond donors (Lipinski definition) is 1. The fraction of sp³-hybridized carbons (Fsp3) is 0.429. The van der Waals surface area contributed by atoms with Gasteiger partial charge in [-0.15, -0.1) is 0 Å². The first-order valence-corrected chi connectivity index (χ1v) is 10.9. The molecular formula is C21H25N7O3S. The number of aromatic nitrogens is 3. The standard InChI is InChI=1S/C21H25N7O3S/c1-14(2)18-19(29)28(20(32)25-18)17-4-3-16(12-24-17)31-21(30)27-9-7-26(8-10-27)13-15-11-22-5-6-23-15/h3-6,11-12,14,18H,7-10,13H2,1-2H3,(H,25,32). The number of carbonyl (C=O) groups excluding carboxylic acids is 2. The Hall–Kier alpha value is -3.18. The largest absolute Gasteiger partial charge is 0.415 e. The molecule has 2 aliphatic heterocycles. The number of piperazine rings is 1. The second-order valence-electron chi connectivity index (χ2n) is 8.02. The van der Waals surface area contributed by atoms with E-state index < -0.39 is 6.09 Å². The quantitative estimate of drug-likeness (QED) is 0.671. The van der Waals surface area contributed by atoms with E-state index in [1.165, 1.54) is 11.1 Å². The van der Waals surface area contributed by atoms with Gasteiger partial charge in [-0.2, -0.15) is 0 Å². The lowest BCUT2D eigenvalue weighted by molar-refractivity contribution is -0.119. The maximum absolute atomic E-state index is 12.6. The van der Waals surface area contributed by atoms with Crippen LogP contribution in [0.1, 0.15) is 19.5 Å². The minimum atomic E-state index is -0.423. The van der Waals surface area contributed by atoms with E-state index in [9.17, 15) is 9.59 Å². The average Bonchev–Trinajstić information content (AvgIpc) is 3.10. The predicted molar refractivity (Wildman–Crippen MR) is 121 cm³/mol. The Morgan fingerprint density at radius 1 is 1.19 bits per heavy atom. The smallest absolute Gasteiger partial charge is 0.409 e. The zero-order valence-corrected chi connectivity index (χ0v) is 18.8. The van der Waals surface area contributed by atoms with Crippen molar-refractivity contribution in [3.8, 4) is 5.75 Å². The Morgan fingerprint density at radius 2 is 1.97 bits per heavy atom. The monoisotopic (exact) mass is 455 g/mol. The van der Waals surface area contributed by atoms with Crippen molar-refractivity contribution in [3.05, 3.63) is 42.6 Å². The van der Waals surface area contributed by atoms with E-state index >= 15 is 0 Å². The van der Waals surface area contributed by atoms with Crippen molar-refractivity contribution in [1.82, 2.24) is 30.1 Å². The number of nitrogens with one attached hydrogen (secondary N) is 1. The van der Waals surface area contributed by atoms with Crippen LogP contribution in [0.25, 0.3) is 0 Å². The molecule has 11 heteroatoms. The van der Waals surface area contributed by atoms with Gasteiger partial charge in [-0.05, 0) is 30.3 Å². The van der Waals surface area contributed by atoms with Gasteiger partial charge in [-0.1, -0.05) is 13.8 Å². The van der Waals surface area contributed by atoms with E-state index in [0.29, 0.717) is 36.3 Å². The van der Waals surface area contributed by atoms with Crippen molar-refractivity contribution < 1.29 is 14.3 Å². The number of amides is 2. The highest BCUT2D eigenvalue weighted by Crippen LogP contribution is 2.23. The first kappa shape index (κ1) is 22.0. The van der Waals surface area contributed by atoms with Crippen molar-refractivity contribution >= 4 is 35.1 Å². The molecule has 4 heterocycles. The Labute approximate surface area is 191 Å². The second kappa shape index (κ2) is 9.53. The number of carbonyl (C=O) groups is 2. The minimum Gasteiger partial charge on any atom is -0.409 e. The van der Waals surface area contributed by atoms with Gasteiger partial charge >= 0.3 is 6.09 Å². The Bertz CT molecular complexity index is 979. The van der Waals surface area contributed by atoms with Crippen molar-refractivity contribution in [2.75, 3.05) is 31.1 Å². The maximum atomic E-state index is 12.6. The number of rotatable bonds is 5. The van der Waals surface area contributed by atoms with Crippen LogP contribution in [-0.4, -0.2) is 74.1 Å². The van der Waals surface area contributed by atoms with Gasteiger partial charge in [-0.3, -0.25) is 19.7 Å². The molecule has 32 heavy (non-hydrogen) atoms. The first-order chi connectivity index (χ1) is 15.4. The zero-order valence-electron chi connectivity index (χ0n) is 18.0. The molecule has 0 saturated carbocycles. The number of ether oxygens (including phenoxy) is 1. The Balaban J connectivity index is 1.30. The third kappa shape index (κ3) is 4.83. The summed E-state index contributed by atoms with van der Waals surface area (Å²) in [5.41, 5.74) is 0.903. The minimum absolute atomic E-state index is 0.103. The molecule has 2 aliphatic rings. The third-order valence-electron chi connectivity index (χ3n) is 5.42. The molecule has 2 amide bonds. The lowest BCUT2D eigenvalue weighted by Gasteiger charge is -2.33. The van der Waals surface area contributed by atoms with Crippen LogP contribution in [0.15, 0.2) is 36.9 Å². The van der Waals surface area contributed by atoms with Crippen LogP contribution in [0.4, 0.5) is 10.6 Å². The molecule has 4 rings (SSSR count). The molecule has 2 saturated heterocycles. The number of thiocarbonyl (C=S) groups is 1. The van der Waals surface area contributed by atoms with Gasteiger partial charge in [0.25, 0.3) is 5.91 Å². The van der Waals surface area contributed by atoms with E-state index in [4.69, 9.17) is 17.0 Å². The third-order valence-corrected chi connectivity index (χ3v) is 5.72. The van der Waals surface area contributed by atoms with Gasteiger partial charge in [0.1, 0.15) is 11.9 Å². The summed E-state index contributed by atoms with van der Waals surface area (Å²) in [5, 5.41) is 3.35. The normalized spacial score (nSPS) is 19.4. The predicted octanol–water partition coefficient (Wildman–Crippen LogP) is 1.43. The zero-order chi connectivity index (χ0) is 22.7. The summed E-state index contributed by atoms with van der Waals surface area (Å²) in [6.45, 7) is 7.17. The van der Waals surface area contributed by atoms with Crippen molar-refractivity contribution in [3.63, 3.8) is 0 Å². The lowest BCUT2D eigenvalue weighted by Crippen LogP contribution is -2.49. The summed E-state index contributed by atoms with van der Waals surface area (Å²) in [5.74, 6) is 0.674. The molecule has 1 N–H and O–H groups in total. The molecule has 0 aromatic carbocycles. The van der Waals surface area contributed by atoms with E-state index in [2.05, 4.69) is 25.2 Å². The van der Waals surface area contributed by atoms with Crippen molar-refractivity contribution in [2.24, 2.45) is 5.92 Å². The van der Waals surface area contributed by atoms with Crippen LogP contribution < -0.4 is 15.0 Å². The van der Waals surface area contributed by atoms with Gasteiger partial charge in [0.05, 0.1) is 11.9 Å². The van der Waals surface area contributed by atoms with E-state index in [-0.39, 0.29) is 17.9 Å². The maximum Gasteiger partial charge on any atom is 0.415 e. The summed E-state index contributed by atoms with van der Waals surface area (Å²) in [4.78, 5) is 43.0. The van der Waals surface area contributed by atoms with E-state index in [0.717, 1.165) is 18.8 Å². The molecule has 0 bridgehead atoms. The fourth-order valence-corrected chi connectivity index (χ4v) is 3.94. The van der Waals surface area contributed by atoms with Gasteiger partial charge in [0.15, 0.2) is 10.9 Å². The number of hydrogen-bond acceptors (Lipinski definition) is 8. The van der Waals surface area contributed by atoms with Gasteiger partial charge in [-0.25, -0.2) is 14.7 Å². The highest BCUT2D eigenvalue weighted by Gasteiger charge is 2.38. The second-order valence-corrected chi connectivity index (χ2v) is 8.41. The van der Waals surface area contributed by atoms with Gasteiger partial charge in [0.2, 0.25) is 0 Å². The highest BCUT2D eigenvalue weighted by molar-refractivity contribution is 7.80. The van der Waals surface area contributed by atoms with Crippen LogP contribution in [0.2, 0.25) is 0 Å². The molecule has 0 aliphatic carbocycles. The average molecular weight is 456 g/mol. The molecular weight excluding hydrogens is 430 g/mol. The molecule has 2 aromatic rings. The highest BCUT2D eigenvalue weighted by atomic mass is 32.1. The summed E-state index contributed by atoms with van der Waals surface area (Å²) >= 11 is 5.29. The summed E-state index contributed by atoms with van der Waals surface area (Å²) < 4.78 is 5.47. The van der Waals surface area contributed by atoms with Crippen LogP contribution in [0.5, 0.6) is 5.75 Å². The molecule has 2 aromatic heterocycles. The van der Waals surface area contributed by atoms with E-state index in [1.807, 2.05) is 13.8 Å². The van der Waals surface area contributed by atoms with Crippen molar-refractivity contribution in [1.29, 1.82) is 0 Å². The molecule has 1 unspecified atom stereocenters. The van der Waals surface area contributed by atoms with Crippen LogP contribution in [0.3, 0.4) is 0 Å². The van der Waals surface area contributed by atoms with Crippen LogP contribution >= 0.6 is 12.2 Å². The summed E-state index contributed by atoms with van der Waals surface area (Å²) in [7, 11) is 0. The number of nitrogens with zero attached hydrogens (tertiary/aromatic N) is 6. The Kier molecular flexibility index (Phi) is 6.56. The molecule has 10 nitrogen and oxygen atoms in total. The van der Waals surface area contributed by atoms with Gasteiger partial charge in [0, 0.05) is 51.3 Å². The molecule has 2 fully saturated rings. The molecule has 0 radical (unpaired) electrons. The van der Waals surface area contributed by atoms with Crippen molar-refractivity contribution in [2.45, 2.75) is 26.4 Å². The lowest BCUT2D eigenvalue weighted by atomic mass is 10.1. The number of pyridine rings is 1. The SMILES string of the molecule is CC(C)C1NC(=S)N(c2ccc(OC(=O)N3CCN(Cc4cnccn4)CC3)cn2)C1=O. The van der Waals surface area contributed by atoms with Crippen LogP contribution in [0, 0.1) is 5.92 Å². The molecule has 1 atom stereocenters. The van der Waals surface area contributed by atoms with Gasteiger partial charge < -0.3 is 15.0 Å². The van der Waals surface area contributed by atoms with E-state index in [1.54, 1.807) is 35.6 Å². The summed E-state index contributed by atoms with van der Waals surface area (Å²) in [6.07, 6.45) is 6.08.